The number of amides is 1. The lowest BCUT2D eigenvalue weighted by Gasteiger charge is -2.29. The van der Waals surface area contributed by atoms with Gasteiger partial charge < -0.3 is 10.6 Å². The second kappa shape index (κ2) is 4.73. The van der Waals surface area contributed by atoms with Crippen LogP contribution in [0.15, 0.2) is 24.3 Å². The third-order valence-electron chi connectivity index (χ3n) is 4.16. The summed E-state index contributed by atoms with van der Waals surface area (Å²) < 4.78 is 0. The number of rotatable bonds is 4. The van der Waals surface area contributed by atoms with Gasteiger partial charge >= 0.3 is 0 Å². The summed E-state index contributed by atoms with van der Waals surface area (Å²) in [6, 6.07) is 8.44. The molecule has 98 valence electrons. The molecule has 0 bridgehead atoms. The van der Waals surface area contributed by atoms with Crippen molar-refractivity contribution in [3.05, 3.63) is 35.4 Å². The molecule has 1 amide bonds. The van der Waals surface area contributed by atoms with Crippen molar-refractivity contribution in [2.75, 3.05) is 13.6 Å². The van der Waals surface area contributed by atoms with Gasteiger partial charge in [0.1, 0.15) is 0 Å². The van der Waals surface area contributed by atoms with Crippen LogP contribution in [0.3, 0.4) is 0 Å². The molecular formula is C15H22N2O. The largest absolute Gasteiger partial charge is 0.338 e. The molecule has 1 aromatic rings. The lowest BCUT2D eigenvalue weighted by molar-refractivity contribution is -0.137. The van der Waals surface area contributed by atoms with E-state index >= 15 is 0 Å². The minimum atomic E-state index is -0.256. The molecule has 1 saturated carbocycles. The SMILES string of the molecule is Cc1ccc(C(C)N(C)C(=O)C2(CN)CC2)cc1. The predicted molar refractivity (Wildman–Crippen MR) is 73.1 cm³/mol. The molecule has 1 aliphatic carbocycles. The van der Waals surface area contributed by atoms with Crippen molar-refractivity contribution in [1.29, 1.82) is 0 Å². The maximum atomic E-state index is 12.4. The van der Waals surface area contributed by atoms with Crippen molar-refractivity contribution in [2.45, 2.75) is 32.7 Å². The second-order valence-corrected chi connectivity index (χ2v) is 5.49. The van der Waals surface area contributed by atoms with Crippen LogP contribution in [-0.2, 0) is 4.79 Å². The first-order chi connectivity index (χ1) is 8.50. The predicted octanol–water partition coefficient (Wildman–Crippen LogP) is 2.25. The number of hydrogen-bond donors (Lipinski definition) is 1. The summed E-state index contributed by atoms with van der Waals surface area (Å²) >= 11 is 0. The molecule has 0 radical (unpaired) electrons. The molecule has 1 aliphatic rings. The van der Waals surface area contributed by atoms with E-state index in [1.54, 1.807) is 0 Å². The van der Waals surface area contributed by atoms with Crippen LogP contribution in [0, 0.1) is 12.3 Å². The van der Waals surface area contributed by atoms with Crippen LogP contribution in [0.4, 0.5) is 0 Å². The molecule has 0 aromatic heterocycles. The zero-order valence-corrected chi connectivity index (χ0v) is 11.4. The third-order valence-corrected chi connectivity index (χ3v) is 4.16. The Hall–Kier alpha value is -1.35. The van der Waals surface area contributed by atoms with Crippen LogP contribution in [0.5, 0.6) is 0 Å². The van der Waals surface area contributed by atoms with E-state index in [0.717, 1.165) is 12.8 Å². The highest BCUT2D eigenvalue weighted by atomic mass is 16.2. The average molecular weight is 246 g/mol. The summed E-state index contributed by atoms with van der Waals surface area (Å²) in [6.45, 7) is 4.60. The van der Waals surface area contributed by atoms with Gasteiger partial charge in [-0.25, -0.2) is 0 Å². The monoisotopic (exact) mass is 246 g/mol. The minimum absolute atomic E-state index is 0.0992. The number of nitrogens with two attached hydrogens (primary N) is 1. The Balaban J connectivity index is 2.11. The summed E-state index contributed by atoms with van der Waals surface area (Å²) in [5.41, 5.74) is 7.87. The molecule has 2 N–H and O–H groups in total. The highest BCUT2D eigenvalue weighted by Gasteiger charge is 2.50. The van der Waals surface area contributed by atoms with Gasteiger partial charge in [0, 0.05) is 13.6 Å². The molecule has 2 rings (SSSR count). The fourth-order valence-corrected chi connectivity index (χ4v) is 2.27. The number of benzene rings is 1. The zero-order valence-electron chi connectivity index (χ0n) is 11.4. The quantitative estimate of drug-likeness (QED) is 0.885. The van der Waals surface area contributed by atoms with Crippen molar-refractivity contribution in [2.24, 2.45) is 11.1 Å². The van der Waals surface area contributed by atoms with Crippen molar-refractivity contribution in [1.82, 2.24) is 4.90 Å². The molecular weight excluding hydrogens is 224 g/mol. The van der Waals surface area contributed by atoms with Crippen LogP contribution in [-0.4, -0.2) is 24.4 Å². The molecule has 0 aliphatic heterocycles. The molecule has 3 nitrogen and oxygen atoms in total. The fraction of sp³-hybridized carbons (Fsp3) is 0.533. The van der Waals surface area contributed by atoms with Gasteiger partial charge in [-0.2, -0.15) is 0 Å². The first-order valence-electron chi connectivity index (χ1n) is 6.54. The number of aryl methyl sites for hydroxylation is 1. The zero-order chi connectivity index (χ0) is 13.3. The number of nitrogens with zero attached hydrogens (tertiary/aromatic N) is 1. The molecule has 18 heavy (non-hydrogen) atoms. The number of carbonyl (C=O) groups is 1. The standard InChI is InChI=1S/C15H22N2O/c1-11-4-6-13(7-5-11)12(2)17(3)14(18)15(10-16)8-9-15/h4-7,12H,8-10,16H2,1-3H3. The maximum Gasteiger partial charge on any atom is 0.230 e. The van der Waals surface area contributed by atoms with Crippen LogP contribution in [0.1, 0.15) is 36.9 Å². The summed E-state index contributed by atoms with van der Waals surface area (Å²) in [6.07, 6.45) is 1.88. The van der Waals surface area contributed by atoms with E-state index in [1.165, 1.54) is 11.1 Å². The van der Waals surface area contributed by atoms with Gasteiger partial charge in [-0.15, -0.1) is 0 Å². The Labute approximate surface area is 109 Å². The van der Waals surface area contributed by atoms with Gasteiger partial charge in [-0.3, -0.25) is 4.79 Å². The van der Waals surface area contributed by atoms with Gasteiger partial charge in [0.15, 0.2) is 0 Å². The fourth-order valence-electron chi connectivity index (χ4n) is 2.27. The smallest absolute Gasteiger partial charge is 0.230 e. The second-order valence-electron chi connectivity index (χ2n) is 5.49. The van der Waals surface area contributed by atoms with E-state index < -0.39 is 0 Å². The van der Waals surface area contributed by atoms with E-state index in [2.05, 4.69) is 38.1 Å². The summed E-state index contributed by atoms with van der Waals surface area (Å²) in [5, 5.41) is 0. The molecule has 1 unspecified atom stereocenters. The Kier molecular flexibility index (Phi) is 3.44. The van der Waals surface area contributed by atoms with Crippen LogP contribution < -0.4 is 5.73 Å². The van der Waals surface area contributed by atoms with E-state index in [-0.39, 0.29) is 17.4 Å². The van der Waals surface area contributed by atoms with E-state index in [1.807, 2.05) is 11.9 Å². The maximum absolute atomic E-state index is 12.4. The Morgan fingerprint density at radius 1 is 1.39 bits per heavy atom. The first kappa shape index (κ1) is 13.1. The Morgan fingerprint density at radius 3 is 2.39 bits per heavy atom. The molecule has 1 atom stereocenters. The summed E-state index contributed by atoms with van der Waals surface area (Å²) in [7, 11) is 1.88. The molecule has 1 aromatic carbocycles. The minimum Gasteiger partial charge on any atom is -0.338 e. The van der Waals surface area contributed by atoms with Gasteiger partial charge in [0.05, 0.1) is 11.5 Å². The van der Waals surface area contributed by atoms with Crippen LogP contribution in [0.25, 0.3) is 0 Å². The van der Waals surface area contributed by atoms with Crippen LogP contribution in [0.2, 0.25) is 0 Å². The number of hydrogen-bond acceptors (Lipinski definition) is 2. The molecule has 1 fully saturated rings. The van der Waals surface area contributed by atoms with Crippen molar-refractivity contribution < 1.29 is 4.79 Å². The summed E-state index contributed by atoms with van der Waals surface area (Å²) in [5.74, 6) is 0.193. The van der Waals surface area contributed by atoms with Gasteiger partial charge in [-0.05, 0) is 32.3 Å². The number of carbonyl (C=O) groups excluding carboxylic acids is 1. The lowest BCUT2D eigenvalue weighted by atomic mass is 10.0. The molecule has 0 saturated heterocycles. The van der Waals surface area contributed by atoms with Gasteiger partial charge in [0.25, 0.3) is 0 Å². The highest BCUT2D eigenvalue weighted by Crippen LogP contribution is 2.46. The van der Waals surface area contributed by atoms with Crippen LogP contribution >= 0.6 is 0 Å². The molecule has 0 heterocycles. The Bertz CT molecular complexity index is 434. The topological polar surface area (TPSA) is 46.3 Å². The normalized spacial score (nSPS) is 18.2. The first-order valence-corrected chi connectivity index (χ1v) is 6.54. The average Bonchev–Trinajstić information content (AvgIpc) is 3.18. The van der Waals surface area contributed by atoms with E-state index in [0.29, 0.717) is 6.54 Å². The lowest BCUT2D eigenvalue weighted by Crippen LogP contribution is -2.39. The third kappa shape index (κ3) is 2.27. The molecule has 3 heteroatoms. The van der Waals surface area contributed by atoms with E-state index in [9.17, 15) is 4.79 Å². The van der Waals surface area contributed by atoms with E-state index in [4.69, 9.17) is 5.73 Å². The van der Waals surface area contributed by atoms with Gasteiger partial charge in [0.2, 0.25) is 5.91 Å². The van der Waals surface area contributed by atoms with Crippen molar-refractivity contribution >= 4 is 5.91 Å². The van der Waals surface area contributed by atoms with Crippen molar-refractivity contribution in [3.63, 3.8) is 0 Å². The summed E-state index contributed by atoms with van der Waals surface area (Å²) in [4.78, 5) is 14.2. The van der Waals surface area contributed by atoms with Gasteiger partial charge in [-0.1, -0.05) is 29.8 Å². The molecule has 0 spiro atoms. The Morgan fingerprint density at radius 2 is 1.94 bits per heavy atom. The highest BCUT2D eigenvalue weighted by molar-refractivity contribution is 5.85. The van der Waals surface area contributed by atoms with Crippen molar-refractivity contribution in [3.8, 4) is 0 Å².